The Kier molecular flexibility index (Phi) is 7.81. The molecule has 1 heterocycles. The second kappa shape index (κ2) is 10.1. The van der Waals surface area contributed by atoms with Gasteiger partial charge >= 0.3 is 5.97 Å². The molecule has 2 aromatic rings. The molecule has 0 unspecified atom stereocenters. The van der Waals surface area contributed by atoms with Crippen molar-refractivity contribution in [2.75, 3.05) is 11.2 Å². The number of Topliss-reactive ketones (excluding diaryl/α,β-unsaturated/α-hetero) is 1. The standard InChI is InChI=1S/C17H17ClFN3O4S/c1-10-21-22-17(27-10)20-14(23)6-7-15(24)26-13(8-9-18)16(25)11-2-4-12(19)5-3-11/h2-5,13H,6-9H2,1H3,(H,20,22,23)/t13-/m1/s1. The van der Waals surface area contributed by atoms with Gasteiger partial charge in [0.2, 0.25) is 16.8 Å². The van der Waals surface area contributed by atoms with Gasteiger partial charge in [-0.05, 0) is 31.2 Å². The maximum absolute atomic E-state index is 13.0. The number of esters is 1. The number of aryl methyl sites for hydroxylation is 1. The highest BCUT2D eigenvalue weighted by molar-refractivity contribution is 7.15. The molecule has 2 rings (SSSR count). The van der Waals surface area contributed by atoms with Crippen LogP contribution in [0.1, 0.15) is 34.6 Å². The van der Waals surface area contributed by atoms with Crippen molar-refractivity contribution in [1.82, 2.24) is 10.2 Å². The molecule has 1 atom stereocenters. The van der Waals surface area contributed by atoms with Crippen molar-refractivity contribution in [2.45, 2.75) is 32.3 Å². The van der Waals surface area contributed by atoms with Gasteiger partial charge in [0, 0.05) is 24.3 Å². The summed E-state index contributed by atoms with van der Waals surface area (Å²) in [7, 11) is 0. The average Bonchev–Trinajstić information content (AvgIpc) is 3.04. The van der Waals surface area contributed by atoms with Crippen LogP contribution < -0.4 is 5.32 Å². The first-order valence-electron chi connectivity index (χ1n) is 8.04. The van der Waals surface area contributed by atoms with E-state index in [1.165, 1.54) is 23.5 Å². The number of alkyl halides is 1. The highest BCUT2D eigenvalue weighted by atomic mass is 35.5. The minimum Gasteiger partial charge on any atom is -0.454 e. The van der Waals surface area contributed by atoms with Crippen LogP contribution in [-0.4, -0.2) is 39.8 Å². The second-order valence-corrected chi connectivity index (χ2v) is 7.06. The predicted octanol–water partition coefficient (Wildman–Crippen LogP) is 3.13. The van der Waals surface area contributed by atoms with Crippen molar-refractivity contribution in [2.24, 2.45) is 0 Å². The number of aromatic nitrogens is 2. The highest BCUT2D eigenvalue weighted by Gasteiger charge is 2.24. The van der Waals surface area contributed by atoms with Crippen LogP contribution in [0.15, 0.2) is 24.3 Å². The summed E-state index contributed by atoms with van der Waals surface area (Å²) in [6.07, 6.45) is -1.32. The summed E-state index contributed by atoms with van der Waals surface area (Å²) in [5, 5.41) is 11.1. The van der Waals surface area contributed by atoms with Gasteiger partial charge in [-0.2, -0.15) is 0 Å². The molecule has 0 aliphatic rings. The molecule has 0 saturated carbocycles. The normalized spacial score (nSPS) is 11.7. The molecule has 0 bridgehead atoms. The van der Waals surface area contributed by atoms with Crippen molar-refractivity contribution in [3.8, 4) is 0 Å². The topological polar surface area (TPSA) is 98.2 Å². The van der Waals surface area contributed by atoms with Crippen LogP contribution in [0.3, 0.4) is 0 Å². The van der Waals surface area contributed by atoms with Gasteiger partial charge in [0.1, 0.15) is 10.8 Å². The van der Waals surface area contributed by atoms with Crippen LogP contribution in [0.2, 0.25) is 0 Å². The zero-order valence-electron chi connectivity index (χ0n) is 14.4. The van der Waals surface area contributed by atoms with E-state index in [0.717, 1.165) is 12.1 Å². The van der Waals surface area contributed by atoms with Crippen molar-refractivity contribution in [1.29, 1.82) is 0 Å². The molecule has 0 aliphatic heterocycles. The molecular formula is C17H17ClFN3O4S. The molecule has 0 radical (unpaired) electrons. The summed E-state index contributed by atoms with van der Waals surface area (Å²) >= 11 is 6.89. The van der Waals surface area contributed by atoms with E-state index in [1.807, 2.05) is 0 Å². The first-order chi connectivity index (χ1) is 12.9. The molecular weight excluding hydrogens is 397 g/mol. The molecule has 0 aliphatic carbocycles. The van der Waals surface area contributed by atoms with Crippen LogP contribution in [-0.2, 0) is 14.3 Å². The summed E-state index contributed by atoms with van der Waals surface area (Å²) in [6, 6.07) is 4.91. The molecule has 1 N–H and O–H groups in total. The van der Waals surface area contributed by atoms with Crippen LogP contribution in [0, 0.1) is 12.7 Å². The molecule has 0 spiro atoms. The number of anilines is 1. The van der Waals surface area contributed by atoms with E-state index < -0.39 is 29.6 Å². The number of nitrogens with one attached hydrogen (secondary N) is 1. The third-order valence-corrected chi connectivity index (χ3v) is 4.37. The Bertz CT molecular complexity index is 813. The summed E-state index contributed by atoms with van der Waals surface area (Å²) < 4.78 is 18.1. The number of nitrogens with zero attached hydrogens (tertiary/aromatic N) is 2. The summed E-state index contributed by atoms with van der Waals surface area (Å²) in [5.41, 5.74) is 0.212. The third kappa shape index (κ3) is 6.69. The third-order valence-electron chi connectivity index (χ3n) is 3.39. The van der Waals surface area contributed by atoms with Gasteiger partial charge in [-0.15, -0.1) is 21.8 Å². The minimum atomic E-state index is -1.09. The van der Waals surface area contributed by atoms with E-state index in [-0.39, 0.29) is 30.7 Å². The second-order valence-electron chi connectivity index (χ2n) is 5.50. The molecule has 1 aromatic heterocycles. The summed E-state index contributed by atoms with van der Waals surface area (Å²) in [5.74, 6) is -1.97. The number of carbonyl (C=O) groups is 3. The fraction of sp³-hybridized carbons (Fsp3) is 0.353. The Balaban J connectivity index is 1.87. The van der Waals surface area contributed by atoms with E-state index in [9.17, 15) is 18.8 Å². The lowest BCUT2D eigenvalue weighted by molar-refractivity contribution is -0.148. The Morgan fingerprint density at radius 1 is 1.22 bits per heavy atom. The number of rotatable bonds is 9. The number of hydrogen-bond donors (Lipinski definition) is 1. The minimum absolute atomic E-state index is 0.0990. The first-order valence-corrected chi connectivity index (χ1v) is 9.39. The van der Waals surface area contributed by atoms with Crippen LogP contribution >= 0.6 is 22.9 Å². The van der Waals surface area contributed by atoms with Gasteiger partial charge in [0.25, 0.3) is 0 Å². The maximum Gasteiger partial charge on any atom is 0.307 e. The first kappa shape index (κ1) is 20.9. The number of hydrogen-bond acceptors (Lipinski definition) is 7. The van der Waals surface area contributed by atoms with Gasteiger partial charge in [0.15, 0.2) is 6.10 Å². The zero-order chi connectivity index (χ0) is 19.8. The van der Waals surface area contributed by atoms with Crippen molar-refractivity contribution >= 4 is 45.7 Å². The fourth-order valence-corrected chi connectivity index (χ4v) is 2.91. The van der Waals surface area contributed by atoms with E-state index in [4.69, 9.17) is 16.3 Å². The van der Waals surface area contributed by atoms with Crippen LogP contribution in [0.25, 0.3) is 0 Å². The lowest BCUT2D eigenvalue weighted by atomic mass is 10.0. The highest BCUT2D eigenvalue weighted by Crippen LogP contribution is 2.15. The molecule has 1 amide bonds. The maximum atomic E-state index is 13.0. The lowest BCUT2D eigenvalue weighted by Crippen LogP contribution is -2.28. The molecule has 144 valence electrons. The predicted molar refractivity (Wildman–Crippen MR) is 98.5 cm³/mol. The van der Waals surface area contributed by atoms with Crippen molar-refractivity contribution in [3.63, 3.8) is 0 Å². The van der Waals surface area contributed by atoms with Gasteiger partial charge < -0.3 is 10.1 Å². The van der Waals surface area contributed by atoms with Gasteiger partial charge in [-0.25, -0.2) is 4.39 Å². The largest absolute Gasteiger partial charge is 0.454 e. The van der Waals surface area contributed by atoms with Gasteiger partial charge in [-0.1, -0.05) is 11.3 Å². The summed E-state index contributed by atoms with van der Waals surface area (Å²) in [6.45, 7) is 1.75. The molecule has 7 nitrogen and oxygen atoms in total. The molecule has 0 saturated heterocycles. The Morgan fingerprint density at radius 2 is 1.93 bits per heavy atom. The van der Waals surface area contributed by atoms with Crippen LogP contribution in [0.5, 0.6) is 0 Å². The SMILES string of the molecule is Cc1nnc(NC(=O)CCC(=O)O[C@H](CCCl)C(=O)c2ccc(F)cc2)s1. The van der Waals surface area contributed by atoms with Crippen molar-refractivity contribution < 1.29 is 23.5 Å². The number of benzene rings is 1. The van der Waals surface area contributed by atoms with E-state index in [0.29, 0.717) is 10.1 Å². The number of halogens is 2. The van der Waals surface area contributed by atoms with E-state index in [2.05, 4.69) is 15.5 Å². The summed E-state index contributed by atoms with van der Waals surface area (Å²) in [4.78, 5) is 36.2. The average molecular weight is 414 g/mol. The van der Waals surface area contributed by atoms with Crippen LogP contribution in [0.4, 0.5) is 9.52 Å². The smallest absolute Gasteiger partial charge is 0.307 e. The lowest BCUT2D eigenvalue weighted by Gasteiger charge is -2.16. The molecule has 0 fully saturated rings. The Hall–Kier alpha value is -2.39. The molecule has 10 heteroatoms. The quantitative estimate of drug-likeness (QED) is 0.385. The number of amides is 1. The molecule has 1 aromatic carbocycles. The van der Waals surface area contributed by atoms with Gasteiger partial charge in [-0.3, -0.25) is 14.4 Å². The zero-order valence-corrected chi connectivity index (χ0v) is 16.0. The van der Waals surface area contributed by atoms with Crippen molar-refractivity contribution in [3.05, 3.63) is 40.7 Å². The number of ketones is 1. The Labute approximate surface area is 163 Å². The fourth-order valence-electron chi connectivity index (χ4n) is 2.10. The monoisotopic (exact) mass is 413 g/mol. The molecule has 27 heavy (non-hydrogen) atoms. The number of ether oxygens (including phenoxy) is 1. The number of carbonyl (C=O) groups excluding carboxylic acids is 3. The van der Waals surface area contributed by atoms with E-state index in [1.54, 1.807) is 6.92 Å². The van der Waals surface area contributed by atoms with E-state index >= 15 is 0 Å². The van der Waals surface area contributed by atoms with Gasteiger partial charge in [0.05, 0.1) is 6.42 Å². The Morgan fingerprint density at radius 3 is 2.52 bits per heavy atom.